The van der Waals surface area contributed by atoms with E-state index in [0.717, 1.165) is 6.42 Å². The number of benzene rings is 1. The van der Waals surface area contributed by atoms with Crippen LogP contribution in [0.3, 0.4) is 0 Å². The molecular formula is C21H27N3O3. The Morgan fingerprint density at radius 2 is 1.59 bits per heavy atom. The minimum Gasteiger partial charge on any atom is -0.360 e. The van der Waals surface area contributed by atoms with Crippen molar-refractivity contribution >= 4 is 11.8 Å². The largest absolute Gasteiger partial charge is 0.360 e. The van der Waals surface area contributed by atoms with Crippen molar-refractivity contribution in [1.29, 1.82) is 0 Å². The van der Waals surface area contributed by atoms with E-state index in [1.165, 1.54) is 5.56 Å². The molecule has 0 spiro atoms. The van der Waals surface area contributed by atoms with Gasteiger partial charge in [-0.1, -0.05) is 38.1 Å². The standard InChI is InChI=1S/C21H27N3O3/c1-5-16-6-8-17(9-7-16)20(25)23-10-12-24(13-11-23)21(26)18-15(4)22-27-19(18)14(2)3/h6-9,14H,5,10-13H2,1-4H3. The van der Waals surface area contributed by atoms with Crippen LogP contribution in [-0.4, -0.2) is 52.9 Å². The molecule has 0 N–H and O–H groups in total. The molecule has 2 aromatic rings. The van der Waals surface area contributed by atoms with Crippen LogP contribution in [0.2, 0.25) is 0 Å². The van der Waals surface area contributed by atoms with Crippen molar-refractivity contribution in [3.05, 3.63) is 52.4 Å². The molecule has 6 nitrogen and oxygen atoms in total. The van der Waals surface area contributed by atoms with Crippen LogP contribution in [0.5, 0.6) is 0 Å². The summed E-state index contributed by atoms with van der Waals surface area (Å²) in [6.07, 6.45) is 0.954. The van der Waals surface area contributed by atoms with Crippen molar-refractivity contribution in [1.82, 2.24) is 15.0 Å². The van der Waals surface area contributed by atoms with Gasteiger partial charge in [-0.15, -0.1) is 0 Å². The first-order chi connectivity index (χ1) is 12.9. The molecule has 27 heavy (non-hydrogen) atoms. The first-order valence-corrected chi connectivity index (χ1v) is 9.56. The third kappa shape index (κ3) is 3.89. The highest BCUT2D eigenvalue weighted by molar-refractivity contribution is 5.97. The van der Waals surface area contributed by atoms with Gasteiger partial charge in [-0.25, -0.2) is 0 Å². The summed E-state index contributed by atoms with van der Waals surface area (Å²) in [5.41, 5.74) is 3.11. The maximum absolute atomic E-state index is 12.9. The molecule has 2 heterocycles. The Morgan fingerprint density at radius 1 is 1.04 bits per heavy atom. The summed E-state index contributed by atoms with van der Waals surface area (Å²) in [5, 5.41) is 3.96. The second-order valence-electron chi connectivity index (χ2n) is 7.30. The fraction of sp³-hybridized carbons (Fsp3) is 0.476. The molecule has 0 unspecified atom stereocenters. The quantitative estimate of drug-likeness (QED) is 0.830. The fourth-order valence-corrected chi connectivity index (χ4v) is 3.38. The maximum atomic E-state index is 12.9. The van der Waals surface area contributed by atoms with Crippen molar-refractivity contribution in [3.8, 4) is 0 Å². The van der Waals surface area contributed by atoms with Gasteiger partial charge in [0.2, 0.25) is 0 Å². The van der Waals surface area contributed by atoms with Crippen LogP contribution >= 0.6 is 0 Å². The van der Waals surface area contributed by atoms with Crippen molar-refractivity contribution in [3.63, 3.8) is 0 Å². The molecule has 0 aliphatic carbocycles. The van der Waals surface area contributed by atoms with Gasteiger partial charge in [0.15, 0.2) is 5.76 Å². The van der Waals surface area contributed by atoms with E-state index in [1.807, 2.05) is 43.0 Å². The van der Waals surface area contributed by atoms with Crippen LogP contribution < -0.4 is 0 Å². The highest BCUT2D eigenvalue weighted by atomic mass is 16.5. The predicted molar refractivity (Wildman–Crippen MR) is 103 cm³/mol. The Kier molecular flexibility index (Phi) is 5.63. The summed E-state index contributed by atoms with van der Waals surface area (Å²) in [6.45, 7) is 9.94. The molecule has 1 aliphatic rings. The van der Waals surface area contributed by atoms with Gasteiger partial charge in [-0.3, -0.25) is 9.59 Å². The van der Waals surface area contributed by atoms with E-state index in [2.05, 4.69) is 12.1 Å². The Bertz CT molecular complexity index is 816. The van der Waals surface area contributed by atoms with Crippen LogP contribution in [0.1, 0.15) is 64.4 Å². The minimum absolute atomic E-state index is 0.0220. The van der Waals surface area contributed by atoms with Gasteiger partial charge in [0.25, 0.3) is 11.8 Å². The molecule has 1 aromatic heterocycles. The number of nitrogens with zero attached hydrogens (tertiary/aromatic N) is 3. The number of carbonyl (C=O) groups excluding carboxylic acids is 2. The lowest BCUT2D eigenvalue weighted by Crippen LogP contribution is -2.50. The molecule has 0 atom stereocenters. The summed E-state index contributed by atoms with van der Waals surface area (Å²) < 4.78 is 5.34. The van der Waals surface area contributed by atoms with Gasteiger partial charge in [-0.2, -0.15) is 0 Å². The molecule has 1 aromatic carbocycles. The van der Waals surface area contributed by atoms with Gasteiger partial charge in [0.05, 0.1) is 5.69 Å². The van der Waals surface area contributed by atoms with Crippen molar-refractivity contribution < 1.29 is 14.1 Å². The lowest BCUT2D eigenvalue weighted by Gasteiger charge is -2.35. The summed E-state index contributed by atoms with van der Waals surface area (Å²) in [6, 6.07) is 7.76. The van der Waals surface area contributed by atoms with Crippen molar-refractivity contribution in [2.75, 3.05) is 26.2 Å². The molecule has 6 heteroatoms. The SMILES string of the molecule is CCc1ccc(C(=O)N2CCN(C(=O)c3c(C)noc3C(C)C)CC2)cc1. The number of rotatable bonds is 4. The Morgan fingerprint density at radius 3 is 2.11 bits per heavy atom. The van der Waals surface area contributed by atoms with E-state index in [4.69, 9.17) is 4.52 Å². The molecule has 1 aliphatic heterocycles. The van der Waals surface area contributed by atoms with Gasteiger partial charge in [0, 0.05) is 37.7 Å². The highest BCUT2D eigenvalue weighted by Gasteiger charge is 2.30. The Hall–Kier alpha value is -2.63. The lowest BCUT2D eigenvalue weighted by atomic mass is 10.0. The lowest BCUT2D eigenvalue weighted by molar-refractivity contribution is 0.0533. The molecule has 1 fully saturated rings. The van der Waals surface area contributed by atoms with Crippen molar-refractivity contribution in [2.45, 2.75) is 40.0 Å². The summed E-state index contributed by atoms with van der Waals surface area (Å²) in [4.78, 5) is 29.2. The molecule has 0 radical (unpaired) electrons. The van der Waals surface area contributed by atoms with Gasteiger partial charge in [-0.05, 0) is 31.0 Å². The maximum Gasteiger partial charge on any atom is 0.259 e. The summed E-state index contributed by atoms with van der Waals surface area (Å²) in [7, 11) is 0. The van der Waals surface area contributed by atoms with E-state index in [9.17, 15) is 9.59 Å². The van der Waals surface area contributed by atoms with E-state index in [0.29, 0.717) is 48.8 Å². The van der Waals surface area contributed by atoms with Gasteiger partial charge in [0.1, 0.15) is 5.56 Å². The Labute approximate surface area is 160 Å². The molecule has 0 bridgehead atoms. The molecule has 144 valence electrons. The number of aromatic nitrogens is 1. The monoisotopic (exact) mass is 369 g/mol. The van der Waals surface area contributed by atoms with E-state index in [1.54, 1.807) is 11.8 Å². The number of piperazine rings is 1. The number of aryl methyl sites for hydroxylation is 2. The van der Waals surface area contributed by atoms with E-state index in [-0.39, 0.29) is 17.7 Å². The molecule has 3 rings (SSSR count). The first kappa shape index (κ1) is 19.1. The van der Waals surface area contributed by atoms with Gasteiger partial charge < -0.3 is 14.3 Å². The first-order valence-electron chi connectivity index (χ1n) is 9.56. The third-order valence-corrected chi connectivity index (χ3v) is 5.09. The molecule has 0 saturated carbocycles. The molecule has 2 amide bonds. The average molecular weight is 369 g/mol. The molecule has 1 saturated heterocycles. The van der Waals surface area contributed by atoms with Crippen LogP contribution in [-0.2, 0) is 6.42 Å². The second kappa shape index (κ2) is 7.94. The fourth-order valence-electron chi connectivity index (χ4n) is 3.38. The second-order valence-corrected chi connectivity index (χ2v) is 7.30. The van der Waals surface area contributed by atoms with Crippen LogP contribution in [0.15, 0.2) is 28.8 Å². The normalized spacial score (nSPS) is 14.7. The van der Waals surface area contributed by atoms with E-state index >= 15 is 0 Å². The number of amides is 2. The summed E-state index contributed by atoms with van der Waals surface area (Å²) >= 11 is 0. The minimum atomic E-state index is -0.0585. The zero-order valence-corrected chi connectivity index (χ0v) is 16.5. The zero-order chi connectivity index (χ0) is 19.6. The Balaban J connectivity index is 1.65. The summed E-state index contributed by atoms with van der Waals surface area (Å²) in [5.74, 6) is 0.691. The number of hydrogen-bond donors (Lipinski definition) is 0. The van der Waals surface area contributed by atoms with E-state index < -0.39 is 0 Å². The van der Waals surface area contributed by atoms with Crippen LogP contribution in [0, 0.1) is 6.92 Å². The molecular weight excluding hydrogens is 342 g/mol. The zero-order valence-electron chi connectivity index (χ0n) is 16.5. The third-order valence-electron chi connectivity index (χ3n) is 5.09. The topological polar surface area (TPSA) is 66.7 Å². The van der Waals surface area contributed by atoms with Gasteiger partial charge >= 0.3 is 0 Å². The predicted octanol–water partition coefficient (Wildman–Crippen LogP) is 3.27. The smallest absolute Gasteiger partial charge is 0.259 e. The number of hydrogen-bond acceptors (Lipinski definition) is 4. The van der Waals surface area contributed by atoms with Crippen molar-refractivity contribution in [2.24, 2.45) is 0 Å². The average Bonchev–Trinajstić information content (AvgIpc) is 3.09. The van der Waals surface area contributed by atoms with Crippen LogP contribution in [0.4, 0.5) is 0 Å². The number of carbonyl (C=O) groups is 2. The van der Waals surface area contributed by atoms with Crippen LogP contribution in [0.25, 0.3) is 0 Å². The highest BCUT2D eigenvalue weighted by Crippen LogP contribution is 2.24.